The summed E-state index contributed by atoms with van der Waals surface area (Å²) in [6.07, 6.45) is 0.495. The number of halogens is 1. The molecule has 5 nitrogen and oxygen atoms in total. The average molecular weight is 350 g/mol. The Morgan fingerprint density at radius 3 is 2.59 bits per heavy atom. The van der Waals surface area contributed by atoms with Crippen LogP contribution in [0.2, 0.25) is 0 Å². The molecule has 1 N–H and O–H groups in total. The fourth-order valence-electron chi connectivity index (χ4n) is 2.79. The number of amides is 2. The van der Waals surface area contributed by atoms with E-state index < -0.39 is 0 Å². The molecule has 2 aliphatic rings. The van der Waals surface area contributed by atoms with Gasteiger partial charge in [-0.05, 0) is 12.3 Å². The van der Waals surface area contributed by atoms with Crippen molar-refractivity contribution in [3.05, 3.63) is 0 Å². The number of rotatable bonds is 2. The second kappa shape index (κ2) is 7.88. The van der Waals surface area contributed by atoms with Gasteiger partial charge in [-0.2, -0.15) is 0 Å². The lowest BCUT2D eigenvalue weighted by molar-refractivity contribution is -0.145. The highest BCUT2D eigenvalue weighted by Crippen LogP contribution is 2.27. The summed E-state index contributed by atoms with van der Waals surface area (Å²) >= 11 is 1.68. The lowest BCUT2D eigenvalue weighted by atomic mass is 9.91. The third-order valence-corrected chi connectivity index (χ3v) is 4.86. The first-order valence-corrected chi connectivity index (χ1v) is 8.83. The number of hydrogen-bond acceptors (Lipinski definition) is 4. The van der Waals surface area contributed by atoms with E-state index in [2.05, 4.69) is 33.0 Å². The van der Waals surface area contributed by atoms with Crippen LogP contribution in [0.4, 0.5) is 0 Å². The van der Waals surface area contributed by atoms with Crippen LogP contribution in [-0.2, 0) is 9.59 Å². The van der Waals surface area contributed by atoms with Crippen molar-refractivity contribution in [1.29, 1.82) is 0 Å². The summed E-state index contributed by atoms with van der Waals surface area (Å²) < 4.78 is 0. The lowest BCUT2D eigenvalue weighted by Gasteiger charge is -2.35. The fourth-order valence-corrected chi connectivity index (χ4v) is 3.96. The second-order valence-corrected chi connectivity index (χ2v) is 8.26. The second-order valence-electron chi connectivity index (χ2n) is 7.26. The molecule has 2 unspecified atom stereocenters. The Morgan fingerprint density at radius 1 is 1.32 bits per heavy atom. The molecule has 7 heteroatoms. The Bertz CT molecular complexity index is 414. The Morgan fingerprint density at radius 2 is 2.00 bits per heavy atom. The quantitative estimate of drug-likeness (QED) is 0.822. The van der Waals surface area contributed by atoms with Crippen LogP contribution >= 0.6 is 24.2 Å². The number of hydrogen-bond donors (Lipinski definition) is 1. The maximum atomic E-state index is 12.7. The number of piperazine rings is 1. The molecule has 0 radical (unpaired) electrons. The SMILES string of the molecule is CC1CN(C(=O)C2CSCN2C(=O)CC(C)(C)C)CCN1.Cl. The van der Waals surface area contributed by atoms with Gasteiger partial charge in [-0.15, -0.1) is 24.2 Å². The van der Waals surface area contributed by atoms with E-state index in [-0.39, 0.29) is 35.7 Å². The van der Waals surface area contributed by atoms with Gasteiger partial charge in [0.25, 0.3) is 0 Å². The fraction of sp³-hybridized carbons (Fsp3) is 0.867. The summed E-state index contributed by atoms with van der Waals surface area (Å²) in [7, 11) is 0. The van der Waals surface area contributed by atoms with Crippen LogP contribution in [0.15, 0.2) is 0 Å². The third-order valence-electron chi connectivity index (χ3n) is 3.85. The third kappa shape index (κ3) is 5.03. The van der Waals surface area contributed by atoms with Crippen LogP contribution in [0.25, 0.3) is 0 Å². The van der Waals surface area contributed by atoms with Crippen LogP contribution < -0.4 is 5.32 Å². The summed E-state index contributed by atoms with van der Waals surface area (Å²) in [4.78, 5) is 28.9. The topological polar surface area (TPSA) is 52.7 Å². The molecule has 2 saturated heterocycles. The Hall–Kier alpha value is -0.460. The van der Waals surface area contributed by atoms with Crippen LogP contribution in [-0.4, -0.2) is 65.0 Å². The van der Waals surface area contributed by atoms with Crippen molar-refractivity contribution in [3.63, 3.8) is 0 Å². The largest absolute Gasteiger partial charge is 0.338 e. The van der Waals surface area contributed by atoms with E-state index in [1.165, 1.54) is 0 Å². The van der Waals surface area contributed by atoms with Crippen molar-refractivity contribution < 1.29 is 9.59 Å². The molecule has 2 heterocycles. The average Bonchev–Trinajstić information content (AvgIpc) is 2.85. The number of thioether (sulfide) groups is 1. The Balaban J connectivity index is 0.00000242. The highest BCUT2D eigenvalue weighted by Gasteiger charge is 2.38. The molecular weight excluding hydrogens is 322 g/mol. The van der Waals surface area contributed by atoms with E-state index in [0.717, 1.165) is 25.4 Å². The first kappa shape index (κ1) is 19.6. The summed E-state index contributed by atoms with van der Waals surface area (Å²) in [6, 6.07) is 0.0608. The molecule has 2 atom stereocenters. The number of nitrogens with zero attached hydrogens (tertiary/aromatic N) is 2. The van der Waals surface area contributed by atoms with Crippen molar-refractivity contribution in [2.75, 3.05) is 31.3 Å². The molecule has 2 amide bonds. The molecule has 22 heavy (non-hydrogen) atoms. The van der Waals surface area contributed by atoms with Gasteiger partial charge in [0.2, 0.25) is 11.8 Å². The van der Waals surface area contributed by atoms with Crippen molar-refractivity contribution in [2.24, 2.45) is 5.41 Å². The number of carbonyl (C=O) groups is 2. The smallest absolute Gasteiger partial charge is 0.246 e. The first-order chi connectivity index (χ1) is 9.78. The van der Waals surface area contributed by atoms with Gasteiger partial charge in [-0.1, -0.05) is 20.8 Å². The predicted molar refractivity (Wildman–Crippen MR) is 93.3 cm³/mol. The minimum atomic E-state index is -0.268. The van der Waals surface area contributed by atoms with E-state index in [4.69, 9.17) is 0 Å². The molecule has 2 rings (SSSR count). The van der Waals surface area contributed by atoms with Gasteiger partial charge in [-0.25, -0.2) is 0 Å². The van der Waals surface area contributed by atoms with E-state index in [1.54, 1.807) is 16.7 Å². The van der Waals surface area contributed by atoms with Crippen molar-refractivity contribution in [1.82, 2.24) is 15.1 Å². The molecule has 0 saturated carbocycles. The molecule has 0 aliphatic carbocycles. The lowest BCUT2D eigenvalue weighted by Crippen LogP contribution is -2.56. The normalized spacial score (nSPS) is 25.8. The Labute approximate surface area is 144 Å². The van der Waals surface area contributed by atoms with Crippen LogP contribution in [0.3, 0.4) is 0 Å². The minimum Gasteiger partial charge on any atom is -0.338 e. The van der Waals surface area contributed by atoms with E-state index in [1.807, 2.05) is 4.90 Å². The summed E-state index contributed by atoms with van der Waals surface area (Å²) in [5, 5.41) is 3.34. The van der Waals surface area contributed by atoms with E-state index in [9.17, 15) is 9.59 Å². The summed E-state index contributed by atoms with van der Waals surface area (Å²) in [5.41, 5.74) is -0.0402. The van der Waals surface area contributed by atoms with Gasteiger partial charge in [-0.3, -0.25) is 9.59 Å². The highest BCUT2D eigenvalue weighted by molar-refractivity contribution is 7.99. The van der Waals surface area contributed by atoms with Gasteiger partial charge >= 0.3 is 0 Å². The van der Waals surface area contributed by atoms with Crippen LogP contribution in [0, 0.1) is 5.41 Å². The van der Waals surface area contributed by atoms with Gasteiger partial charge in [0, 0.05) is 37.8 Å². The highest BCUT2D eigenvalue weighted by atomic mass is 35.5. The Kier molecular flexibility index (Phi) is 7.02. The van der Waals surface area contributed by atoms with Crippen molar-refractivity contribution in [3.8, 4) is 0 Å². The first-order valence-electron chi connectivity index (χ1n) is 7.67. The summed E-state index contributed by atoms with van der Waals surface area (Å²) in [5.74, 6) is 1.60. The molecule has 2 fully saturated rings. The van der Waals surface area contributed by atoms with Gasteiger partial charge in [0.15, 0.2) is 0 Å². The molecule has 0 bridgehead atoms. The van der Waals surface area contributed by atoms with Crippen molar-refractivity contribution >= 4 is 36.0 Å². The van der Waals surface area contributed by atoms with Gasteiger partial charge in [0.05, 0.1) is 5.88 Å². The van der Waals surface area contributed by atoms with Gasteiger partial charge < -0.3 is 15.1 Å². The zero-order valence-electron chi connectivity index (χ0n) is 13.9. The maximum absolute atomic E-state index is 12.7. The van der Waals surface area contributed by atoms with Gasteiger partial charge in [0.1, 0.15) is 6.04 Å². The molecule has 0 aromatic carbocycles. The van der Waals surface area contributed by atoms with E-state index in [0.29, 0.717) is 18.3 Å². The number of carbonyl (C=O) groups excluding carboxylic acids is 2. The maximum Gasteiger partial charge on any atom is 0.246 e. The predicted octanol–water partition coefficient (Wildman–Crippen LogP) is 1.57. The minimum absolute atomic E-state index is 0. The molecule has 0 aromatic heterocycles. The zero-order valence-corrected chi connectivity index (χ0v) is 15.6. The molecule has 2 aliphatic heterocycles. The molecule has 128 valence electrons. The van der Waals surface area contributed by atoms with Crippen LogP contribution in [0.5, 0.6) is 0 Å². The molecule has 0 spiro atoms. The molecular formula is C15H28ClN3O2S. The summed E-state index contributed by atoms with van der Waals surface area (Å²) in [6.45, 7) is 10.6. The number of nitrogens with one attached hydrogen (secondary N) is 1. The van der Waals surface area contributed by atoms with E-state index >= 15 is 0 Å². The zero-order chi connectivity index (χ0) is 15.6. The molecule has 0 aromatic rings. The van der Waals surface area contributed by atoms with Crippen LogP contribution in [0.1, 0.15) is 34.1 Å². The monoisotopic (exact) mass is 349 g/mol. The standard InChI is InChI=1S/C15H27N3O2S.ClH/c1-11-8-17(6-5-16-11)14(20)12-9-21-10-18(12)13(19)7-15(2,3)4;/h11-12,16H,5-10H2,1-4H3;1H. The van der Waals surface area contributed by atoms with Crippen molar-refractivity contribution in [2.45, 2.75) is 46.2 Å².